The van der Waals surface area contributed by atoms with Gasteiger partial charge in [-0.1, -0.05) is 13.0 Å². The zero-order valence-corrected chi connectivity index (χ0v) is 9.90. The quantitative estimate of drug-likeness (QED) is 0.766. The summed E-state index contributed by atoms with van der Waals surface area (Å²) in [6.07, 6.45) is 1.85. The van der Waals surface area contributed by atoms with E-state index in [1.54, 1.807) is 0 Å². The fourth-order valence-electron chi connectivity index (χ4n) is 1.41. The van der Waals surface area contributed by atoms with E-state index in [1.807, 2.05) is 18.3 Å². The van der Waals surface area contributed by atoms with E-state index in [1.165, 1.54) is 0 Å². The van der Waals surface area contributed by atoms with E-state index < -0.39 is 0 Å². The third kappa shape index (κ3) is 4.40. The molecule has 3 nitrogen and oxygen atoms in total. The lowest BCUT2D eigenvalue weighted by Crippen LogP contribution is -2.37. The van der Waals surface area contributed by atoms with Crippen LogP contribution in [0.3, 0.4) is 0 Å². The summed E-state index contributed by atoms with van der Waals surface area (Å²) in [7, 11) is 2.14. The first-order valence-electron chi connectivity index (χ1n) is 5.55. The van der Waals surface area contributed by atoms with Crippen molar-refractivity contribution < 1.29 is 0 Å². The molecule has 1 heterocycles. The summed E-state index contributed by atoms with van der Waals surface area (Å²) in [6, 6.07) is 6.58. The van der Waals surface area contributed by atoms with Crippen LogP contribution in [0.2, 0.25) is 0 Å². The van der Waals surface area contributed by atoms with E-state index in [2.05, 4.69) is 42.2 Å². The molecule has 1 atom stereocenters. The van der Waals surface area contributed by atoms with Gasteiger partial charge in [0, 0.05) is 25.3 Å². The number of hydrogen-bond donors (Lipinski definition) is 1. The maximum Gasteiger partial charge on any atom is 0.0543 e. The second-order valence-electron chi connectivity index (χ2n) is 3.89. The lowest BCUT2D eigenvalue weighted by Gasteiger charge is -2.24. The molecule has 1 unspecified atom stereocenters. The molecule has 0 saturated heterocycles. The van der Waals surface area contributed by atoms with Gasteiger partial charge in [0.25, 0.3) is 0 Å². The average Bonchev–Trinajstić information content (AvgIpc) is 2.27. The fraction of sp³-hybridized carbons (Fsp3) is 0.583. The van der Waals surface area contributed by atoms with Crippen molar-refractivity contribution in [2.45, 2.75) is 26.4 Å². The van der Waals surface area contributed by atoms with Gasteiger partial charge in [-0.2, -0.15) is 0 Å². The van der Waals surface area contributed by atoms with Gasteiger partial charge >= 0.3 is 0 Å². The number of nitrogens with zero attached hydrogens (tertiary/aromatic N) is 2. The molecular weight excluding hydrogens is 186 g/mol. The van der Waals surface area contributed by atoms with Gasteiger partial charge in [-0.25, -0.2) is 0 Å². The van der Waals surface area contributed by atoms with Gasteiger partial charge in [0.2, 0.25) is 0 Å². The topological polar surface area (TPSA) is 28.2 Å². The van der Waals surface area contributed by atoms with Crippen LogP contribution in [-0.2, 0) is 6.54 Å². The summed E-state index contributed by atoms with van der Waals surface area (Å²) in [6.45, 7) is 7.33. The van der Waals surface area contributed by atoms with Crippen LogP contribution in [-0.4, -0.2) is 36.1 Å². The molecule has 1 aromatic rings. The lowest BCUT2D eigenvalue weighted by molar-refractivity contribution is 0.241. The standard InChI is InChI=1S/C12H21N3/c1-4-13-9-11(2)15(3)10-12-7-5-6-8-14-12/h5-8,11,13H,4,9-10H2,1-3H3. The first-order valence-corrected chi connectivity index (χ1v) is 5.55. The van der Waals surface area contributed by atoms with E-state index in [0.29, 0.717) is 6.04 Å². The maximum absolute atomic E-state index is 4.32. The van der Waals surface area contributed by atoms with Crippen molar-refractivity contribution in [2.24, 2.45) is 0 Å². The molecule has 1 N–H and O–H groups in total. The number of hydrogen-bond acceptors (Lipinski definition) is 3. The van der Waals surface area contributed by atoms with Crippen LogP contribution in [0.15, 0.2) is 24.4 Å². The highest BCUT2D eigenvalue weighted by Gasteiger charge is 2.08. The number of nitrogens with one attached hydrogen (secondary N) is 1. The molecular formula is C12H21N3. The van der Waals surface area contributed by atoms with Gasteiger partial charge in [0.05, 0.1) is 5.69 Å². The highest BCUT2D eigenvalue weighted by molar-refractivity contribution is 5.03. The monoisotopic (exact) mass is 207 g/mol. The molecule has 0 amide bonds. The Bertz CT molecular complexity index is 261. The maximum atomic E-state index is 4.32. The Hall–Kier alpha value is -0.930. The Morgan fingerprint density at radius 2 is 2.27 bits per heavy atom. The van der Waals surface area contributed by atoms with Gasteiger partial charge in [-0.05, 0) is 32.6 Å². The van der Waals surface area contributed by atoms with Gasteiger partial charge in [0.15, 0.2) is 0 Å². The zero-order valence-electron chi connectivity index (χ0n) is 9.90. The fourth-order valence-corrected chi connectivity index (χ4v) is 1.41. The molecule has 0 bridgehead atoms. The van der Waals surface area contributed by atoms with Gasteiger partial charge < -0.3 is 5.32 Å². The van der Waals surface area contributed by atoms with Crippen LogP contribution in [0.25, 0.3) is 0 Å². The minimum absolute atomic E-state index is 0.534. The van der Waals surface area contributed by atoms with E-state index in [4.69, 9.17) is 0 Å². The number of aromatic nitrogens is 1. The van der Waals surface area contributed by atoms with E-state index in [9.17, 15) is 0 Å². The highest BCUT2D eigenvalue weighted by Crippen LogP contribution is 2.02. The third-order valence-electron chi connectivity index (χ3n) is 2.58. The minimum Gasteiger partial charge on any atom is -0.315 e. The van der Waals surface area contributed by atoms with Crippen LogP contribution >= 0.6 is 0 Å². The average molecular weight is 207 g/mol. The van der Waals surface area contributed by atoms with Crippen LogP contribution in [0.5, 0.6) is 0 Å². The Kier molecular flexibility index (Phi) is 5.29. The SMILES string of the molecule is CCNCC(C)N(C)Cc1ccccn1. The van der Waals surface area contributed by atoms with Crippen molar-refractivity contribution in [3.05, 3.63) is 30.1 Å². The minimum atomic E-state index is 0.534. The normalized spacial score (nSPS) is 13.1. The van der Waals surface area contributed by atoms with Crippen LogP contribution in [0.4, 0.5) is 0 Å². The molecule has 0 aliphatic rings. The van der Waals surface area contributed by atoms with Crippen molar-refractivity contribution in [1.29, 1.82) is 0 Å². The molecule has 0 aliphatic carbocycles. The summed E-state index contributed by atoms with van der Waals surface area (Å²) in [5.41, 5.74) is 1.13. The van der Waals surface area contributed by atoms with E-state index in [-0.39, 0.29) is 0 Å². The lowest BCUT2D eigenvalue weighted by atomic mass is 10.2. The van der Waals surface area contributed by atoms with Crippen LogP contribution < -0.4 is 5.32 Å². The largest absolute Gasteiger partial charge is 0.315 e. The summed E-state index contributed by atoms with van der Waals surface area (Å²) < 4.78 is 0. The molecule has 0 spiro atoms. The molecule has 84 valence electrons. The molecule has 0 saturated carbocycles. The number of pyridine rings is 1. The van der Waals surface area contributed by atoms with Crippen molar-refractivity contribution in [1.82, 2.24) is 15.2 Å². The smallest absolute Gasteiger partial charge is 0.0543 e. The van der Waals surface area contributed by atoms with Crippen molar-refractivity contribution >= 4 is 0 Å². The summed E-state index contributed by atoms with van der Waals surface area (Å²) in [5, 5.41) is 3.35. The van der Waals surface area contributed by atoms with Crippen molar-refractivity contribution in [3.63, 3.8) is 0 Å². The summed E-state index contributed by atoms with van der Waals surface area (Å²) >= 11 is 0. The Balaban J connectivity index is 2.38. The molecule has 15 heavy (non-hydrogen) atoms. The van der Waals surface area contributed by atoms with E-state index >= 15 is 0 Å². The highest BCUT2D eigenvalue weighted by atomic mass is 15.1. The number of rotatable bonds is 6. The van der Waals surface area contributed by atoms with Crippen LogP contribution in [0, 0.1) is 0 Å². The Labute approximate surface area is 92.5 Å². The van der Waals surface area contributed by atoms with Gasteiger partial charge in [0.1, 0.15) is 0 Å². The Morgan fingerprint density at radius 3 is 2.87 bits per heavy atom. The van der Waals surface area contributed by atoms with Crippen molar-refractivity contribution in [3.8, 4) is 0 Å². The van der Waals surface area contributed by atoms with Gasteiger partial charge in [-0.15, -0.1) is 0 Å². The van der Waals surface area contributed by atoms with Crippen LogP contribution in [0.1, 0.15) is 19.5 Å². The van der Waals surface area contributed by atoms with Crippen molar-refractivity contribution in [2.75, 3.05) is 20.1 Å². The predicted molar refractivity (Wildman–Crippen MR) is 63.7 cm³/mol. The summed E-state index contributed by atoms with van der Waals surface area (Å²) in [5.74, 6) is 0. The first kappa shape index (κ1) is 12.1. The second-order valence-corrected chi connectivity index (χ2v) is 3.89. The molecule has 1 aromatic heterocycles. The molecule has 0 aromatic carbocycles. The van der Waals surface area contributed by atoms with E-state index in [0.717, 1.165) is 25.3 Å². The molecule has 1 rings (SSSR count). The number of likely N-dealkylation sites (N-methyl/N-ethyl adjacent to an activating group) is 2. The summed E-state index contributed by atoms with van der Waals surface area (Å²) in [4.78, 5) is 6.63. The Morgan fingerprint density at radius 1 is 1.47 bits per heavy atom. The molecule has 0 aliphatic heterocycles. The molecule has 0 radical (unpaired) electrons. The zero-order chi connectivity index (χ0) is 11.1. The second kappa shape index (κ2) is 6.53. The molecule has 3 heteroatoms. The molecule has 0 fully saturated rings. The first-order chi connectivity index (χ1) is 7.24. The third-order valence-corrected chi connectivity index (χ3v) is 2.58. The predicted octanol–water partition coefficient (Wildman–Crippen LogP) is 1.51. The van der Waals surface area contributed by atoms with Gasteiger partial charge in [-0.3, -0.25) is 9.88 Å².